The van der Waals surface area contributed by atoms with E-state index in [0.717, 1.165) is 29.8 Å². The first-order valence-electron chi connectivity index (χ1n) is 9.15. The predicted molar refractivity (Wildman–Crippen MR) is 103 cm³/mol. The van der Waals surface area contributed by atoms with Crippen molar-refractivity contribution >= 4 is 11.6 Å². The standard InChI is InChI=1S/C20H29N3O2/c1-4-5-6-7-8-9-12-16-15(2)21-20(23-19(16)24)22-17-13-10-11-14-18(17)25-3/h10-11,13-14H,4-9,12H2,1-3H3,(H2,21,22,23,24). The quantitative estimate of drug-likeness (QED) is 0.612. The smallest absolute Gasteiger partial charge is 0.255 e. The lowest BCUT2D eigenvalue weighted by Gasteiger charge is -2.11. The molecule has 0 bridgehead atoms. The van der Waals surface area contributed by atoms with E-state index in [-0.39, 0.29) is 5.56 Å². The Bertz CT molecular complexity index is 725. The summed E-state index contributed by atoms with van der Waals surface area (Å²) in [6.45, 7) is 4.12. The minimum absolute atomic E-state index is 0.0570. The molecule has 0 aliphatic heterocycles. The van der Waals surface area contributed by atoms with Gasteiger partial charge in [0, 0.05) is 11.3 Å². The van der Waals surface area contributed by atoms with Crippen LogP contribution in [0.5, 0.6) is 5.75 Å². The topological polar surface area (TPSA) is 67.0 Å². The summed E-state index contributed by atoms with van der Waals surface area (Å²) in [5.74, 6) is 1.15. The summed E-state index contributed by atoms with van der Waals surface area (Å²) < 4.78 is 5.31. The fourth-order valence-electron chi connectivity index (χ4n) is 2.92. The molecule has 0 spiro atoms. The Morgan fingerprint density at radius 1 is 1.12 bits per heavy atom. The van der Waals surface area contributed by atoms with Crippen LogP contribution in [0.4, 0.5) is 11.6 Å². The fourth-order valence-corrected chi connectivity index (χ4v) is 2.92. The van der Waals surface area contributed by atoms with Gasteiger partial charge in [0.05, 0.1) is 12.8 Å². The zero-order valence-electron chi connectivity index (χ0n) is 15.5. The highest BCUT2D eigenvalue weighted by atomic mass is 16.5. The summed E-state index contributed by atoms with van der Waals surface area (Å²) >= 11 is 0. The first-order chi connectivity index (χ1) is 12.2. The number of hydrogen-bond acceptors (Lipinski definition) is 4. The molecule has 0 fully saturated rings. The second-order valence-electron chi connectivity index (χ2n) is 6.32. The second kappa shape index (κ2) is 9.87. The molecular formula is C20H29N3O2. The summed E-state index contributed by atoms with van der Waals surface area (Å²) in [6, 6.07) is 7.55. The number of rotatable bonds is 10. The van der Waals surface area contributed by atoms with Crippen LogP contribution in [0.15, 0.2) is 29.1 Å². The third kappa shape index (κ3) is 5.62. The number of H-pyrrole nitrogens is 1. The SMILES string of the molecule is CCCCCCCCc1c(C)nc(Nc2ccccc2OC)[nH]c1=O. The number of methoxy groups -OCH3 is 1. The predicted octanol–water partition coefficient (Wildman–Crippen LogP) is 4.73. The van der Waals surface area contributed by atoms with Crippen LogP contribution in [0.1, 0.15) is 56.7 Å². The number of nitrogens with one attached hydrogen (secondary N) is 2. The monoisotopic (exact) mass is 343 g/mol. The van der Waals surface area contributed by atoms with Gasteiger partial charge in [0.2, 0.25) is 5.95 Å². The number of aryl methyl sites for hydroxylation is 1. The van der Waals surface area contributed by atoms with E-state index in [2.05, 4.69) is 22.2 Å². The molecule has 1 heterocycles. The van der Waals surface area contributed by atoms with E-state index in [9.17, 15) is 4.79 Å². The minimum Gasteiger partial charge on any atom is -0.495 e. The van der Waals surface area contributed by atoms with Crippen molar-refractivity contribution in [2.45, 2.75) is 58.8 Å². The van der Waals surface area contributed by atoms with Crippen LogP contribution in [0.25, 0.3) is 0 Å². The zero-order valence-corrected chi connectivity index (χ0v) is 15.5. The van der Waals surface area contributed by atoms with Gasteiger partial charge in [-0.15, -0.1) is 0 Å². The Kier molecular flexibility index (Phi) is 7.51. The Labute approximate surface area is 149 Å². The van der Waals surface area contributed by atoms with Gasteiger partial charge in [0.1, 0.15) is 5.75 Å². The lowest BCUT2D eigenvalue weighted by Crippen LogP contribution is -2.18. The maximum Gasteiger partial charge on any atom is 0.255 e. The van der Waals surface area contributed by atoms with Crippen LogP contribution in [0.2, 0.25) is 0 Å². The minimum atomic E-state index is -0.0570. The molecule has 0 atom stereocenters. The van der Waals surface area contributed by atoms with Crippen molar-refractivity contribution in [3.05, 3.63) is 45.9 Å². The summed E-state index contributed by atoms with van der Waals surface area (Å²) in [6.07, 6.45) is 8.06. The molecule has 0 saturated carbocycles. The number of hydrogen-bond donors (Lipinski definition) is 2. The highest BCUT2D eigenvalue weighted by molar-refractivity contribution is 5.62. The molecule has 0 saturated heterocycles. The fraction of sp³-hybridized carbons (Fsp3) is 0.500. The van der Waals surface area contributed by atoms with Gasteiger partial charge in [-0.25, -0.2) is 4.98 Å². The van der Waals surface area contributed by atoms with Gasteiger partial charge >= 0.3 is 0 Å². The van der Waals surface area contributed by atoms with E-state index in [0.29, 0.717) is 11.7 Å². The van der Waals surface area contributed by atoms with E-state index >= 15 is 0 Å². The third-order valence-electron chi connectivity index (χ3n) is 4.36. The molecule has 5 heteroatoms. The maximum absolute atomic E-state index is 12.4. The van der Waals surface area contributed by atoms with E-state index in [1.807, 2.05) is 31.2 Å². The van der Waals surface area contributed by atoms with Gasteiger partial charge in [-0.3, -0.25) is 9.78 Å². The molecular weight excluding hydrogens is 314 g/mol. The highest BCUT2D eigenvalue weighted by Gasteiger charge is 2.09. The molecule has 0 radical (unpaired) electrons. The van der Waals surface area contributed by atoms with Crippen LogP contribution >= 0.6 is 0 Å². The average Bonchev–Trinajstić information content (AvgIpc) is 2.60. The molecule has 1 aromatic heterocycles. The van der Waals surface area contributed by atoms with Crippen molar-refractivity contribution in [2.24, 2.45) is 0 Å². The van der Waals surface area contributed by atoms with Crippen LogP contribution in [0, 0.1) is 6.92 Å². The van der Waals surface area contributed by atoms with Crippen LogP contribution in [-0.4, -0.2) is 17.1 Å². The number of ether oxygens (including phenoxy) is 1. The molecule has 0 aliphatic carbocycles. The van der Waals surface area contributed by atoms with Crippen molar-refractivity contribution in [1.82, 2.24) is 9.97 Å². The number of aromatic nitrogens is 2. The molecule has 0 unspecified atom stereocenters. The molecule has 2 N–H and O–H groups in total. The van der Waals surface area contributed by atoms with Crippen LogP contribution in [-0.2, 0) is 6.42 Å². The third-order valence-corrected chi connectivity index (χ3v) is 4.36. The lowest BCUT2D eigenvalue weighted by molar-refractivity contribution is 0.417. The molecule has 0 aliphatic rings. The number of para-hydroxylation sites is 2. The van der Waals surface area contributed by atoms with Gasteiger partial charge in [0.25, 0.3) is 5.56 Å². The number of unbranched alkanes of at least 4 members (excludes halogenated alkanes) is 5. The van der Waals surface area contributed by atoms with Crippen molar-refractivity contribution < 1.29 is 4.74 Å². The first kappa shape index (κ1) is 19.0. The van der Waals surface area contributed by atoms with Crippen LogP contribution < -0.4 is 15.6 Å². The largest absolute Gasteiger partial charge is 0.495 e. The summed E-state index contributed by atoms with van der Waals surface area (Å²) in [4.78, 5) is 19.8. The maximum atomic E-state index is 12.4. The van der Waals surface area contributed by atoms with Gasteiger partial charge in [-0.2, -0.15) is 0 Å². The lowest BCUT2D eigenvalue weighted by atomic mass is 10.1. The summed E-state index contributed by atoms with van der Waals surface area (Å²) in [5.41, 5.74) is 2.30. The summed E-state index contributed by atoms with van der Waals surface area (Å²) in [5, 5.41) is 3.13. The van der Waals surface area contributed by atoms with Crippen molar-refractivity contribution in [3.63, 3.8) is 0 Å². The van der Waals surface area contributed by atoms with Crippen molar-refractivity contribution in [1.29, 1.82) is 0 Å². The molecule has 2 rings (SSSR count). The first-order valence-corrected chi connectivity index (χ1v) is 9.15. The molecule has 0 amide bonds. The molecule has 136 valence electrons. The van der Waals surface area contributed by atoms with Crippen LogP contribution in [0.3, 0.4) is 0 Å². The van der Waals surface area contributed by atoms with Crippen molar-refractivity contribution in [2.75, 3.05) is 12.4 Å². The number of nitrogens with zero attached hydrogens (tertiary/aromatic N) is 1. The van der Waals surface area contributed by atoms with E-state index < -0.39 is 0 Å². The molecule has 2 aromatic rings. The average molecular weight is 343 g/mol. The number of aromatic amines is 1. The molecule has 1 aromatic carbocycles. The van der Waals surface area contributed by atoms with E-state index in [4.69, 9.17) is 4.74 Å². The second-order valence-corrected chi connectivity index (χ2v) is 6.32. The Balaban J connectivity index is 2.01. The Hall–Kier alpha value is -2.30. The van der Waals surface area contributed by atoms with Crippen molar-refractivity contribution in [3.8, 4) is 5.75 Å². The Morgan fingerprint density at radius 3 is 2.56 bits per heavy atom. The molecule has 25 heavy (non-hydrogen) atoms. The summed E-state index contributed by atoms with van der Waals surface area (Å²) in [7, 11) is 1.62. The Morgan fingerprint density at radius 2 is 1.84 bits per heavy atom. The van der Waals surface area contributed by atoms with E-state index in [1.54, 1.807) is 7.11 Å². The van der Waals surface area contributed by atoms with Gasteiger partial charge in [0.15, 0.2) is 0 Å². The number of anilines is 2. The highest BCUT2D eigenvalue weighted by Crippen LogP contribution is 2.25. The van der Waals surface area contributed by atoms with E-state index in [1.165, 1.54) is 32.1 Å². The number of benzene rings is 1. The van der Waals surface area contributed by atoms with Gasteiger partial charge in [-0.05, 0) is 31.9 Å². The van der Waals surface area contributed by atoms with Gasteiger partial charge < -0.3 is 10.1 Å². The van der Waals surface area contributed by atoms with Gasteiger partial charge in [-0.1, -0.05) is 51.2 Å². The molecule has 5 nitrogen and oxygen atoms in total. The zero-order chi connectivity index (χ0) is 18.1. The normalized spacial score (nSPS) is 10.7.